The van der Waals surface area contributed by atoms with E-state index >= 15 is 0 Å². The second-order valence-corrected chi connectivity index (χ2v) is 9.36. The number of rotatable bonds is 3. The van der Waals surface area contributed by atoms with E-state index in [9.17, 15) is 9.59 Å². The summed E-state index contributed by atoms with van der Waals surface area (Å²) in [6, 6.07) is 0. The molecule has 25 heavy (non-hydrogen) atoms. The van der Waals surface area contributed by atoms with Gasteiger partial charge in [0, 0.05) is 29.4 Å². The van der Waals surface area contributed by atoms with E-state index in [-0.39, 0.29) is 16.6 Å². The highest BCUT2D eigenvalue weighted by atomic mass is 32.2. The topological polar surface area (TPSA) is 34.1 Å². The van der Waals surface area contributed by atoms with E-state index < -0.39 is 0 Å². The van der Waals surface area contributed by atoms with Crippen LogP contribution in [-0.2, 0) is 9.59 Å². The van der Waals surface area contributed by atoms with E-state index in [1.807, 2.05) is 6.08 Å². The number of hydrogen-bond donors (Lipinski definition) is 0. The van der Waals surface area contributed by atoms with Crippen molar-refractivity contribution in [2.75, 3.05) is 5.75 Å². The SMILES string of the molecule is C#CSCC[C@]12CCC(=O)C=C1CC[C@@H]1C2=CC[C@]2(C)C(=O)CC[C@@H]12. The Morgan fingerprint density at radius 2 is 2.12 bits per heavy atom. The minimum Gasteiger partial charge on any atom is -0.299 e. The highest BCUT2D eigenvalue weighted by Crippen LogP contribution is 2.63. The van der Waals surface area contributed by atoms with E-state index in [0.29, 0.717) is 24.0 Å². The summed E-state index contributed by atoms with van der Waals surface area (Å²) in [5.41, 5.74) is 2.78. The molecule has 3 heteroatoms. The number of terminal acetylenes is 1. The van der Waals surface area contributed by atoms with Gasteiger partial charge in [-0.1, -0.05) is 35.9 Å². The fourth-order valence-corrected chi connectivity index (χ4v) is 6.74. The Morgan fingerprint density at radius 3 is 2.92 bits per heavy atom. The van der Waals surface area contributed by atoms with Gasteiger partial charge in [0.05, 0.1) is 0 Å². The standard InChI is InChI=1S/C22H26O2S/c1-3-25-13-12-22-11-8-16(23)14-15(22)4-5-17-18-6-7-20(24)21(18,2)10-9-19(17)22/h1,9,14,17-18H,4-8,10-13H2,2H3/t17-,18-,21-,22+/m0/s1. The molecule has 0 heterocycles. The molecule has 2 fully saturated rings. The summed E-state index contributed by atoms with van der Waals surface area (Å²) in [6.45, 7) is 2.19. The Kier molecular flexibility index (Phi) is 4.23. The summed E-state index contributed by atoms with van der Waals surface area (Å²) in [5.74, 6) is 2.70. The van der Waals surface area contributed by atoms with Crippen LogP contribution in [0.2, 0.25) is 0 Å². The molecule has 0 aromatic heterocycles. The number of allylic oxidation sites excluding steroid dienone is 4. The molecular formula is C22H26O2S. The molecule has 4 rings (SSSR count). The van der Waals surface area contributed by atoms with Gasteiger partial charge < -0.3 is 0 Å². The van der Waals surface area contributed by atoms with Crippen molar-refractivity contribution in [3.63, 3.8) is 0 Å². The van der Waals surface area contributed by atoms with Crippen molar-refractivity contribution in [2.45, 2.75) is 58.3 Å². The summed E-state index contributed by atoms with van der Waals surface area (Å²) < 4.78 is 0. The molecule has 0 radical (unpaired) electrons. The first kappa shape index (κ1) is 17.2. The zero-order valence-electron chi connectivity index (χ0n) is 15.0. The van der Waals surface area contributed by atoms with Crippen LogP contribution in [0.25, 0.3) is 0 Å². The average molecular weight is 355 g/mol. The lowest BCUT2D eigenvalue weighted by molar-refractivity contribution is -0.127. The molecule has 4 aliphatic carbocycles. The number of carbonyl (C=O) groups excluding carboxylic acids is 2. The quantitative estimate of drug-likeness (QED) is 0.418. The lowest BCUT2D eigenvalue weighted by Gasteiger charge is -2.53. The molecule has 2 saturated carbocycles. The van der Waals surface area contributed by atoms with Gasteiger partial charge in [0.2, 0.25) is 0 Å². The third-order valence-corrected chi connectivity index (χ3v) is 8.08. The largest absolute Gasteiger partial charge is 0.299 e. The van der Waals surface area contributed by atoms with Crippen LogP contribution in [0.5, 0.6) is 0 Å². The summed E-state index contributed by atoms with van der Waals surface area (Å²) in [7, 11) is 0. The van der Waals surface area contributed by atoms with Crippen LogP contribution in [0, 0.1) is 34.3 Å². The van der Waals surface area contributed by atoms with Crippen molar-refractivity contribution >= 4 is 23.3 Å². The van der Waals surface area contributed by atoms with Crippen LogP contribution in [0.4, 0.5) is 0 Å². The molecule has 132 valence electrons. The summed E-state index contributed by atoms with van der Waals surface area (Å²) in [6.07, 6.45) is 17.2. The van der Waals surface area contributed by atoms with Gasteiger partial charge in [-0.15, -0.1) is 6.42 Å². The second-order valence-electron chi connectivity index (χ2n) is 8.43. The van der Waals surface area contributed by atoms with Crippen LogP contribution in [0.1, 0.15) is 58.3 Å². The minimum absolute atomic E-state index is 0.0354. The van der Waals surface area contributed by atoms with Crippen LogP contribution in [0.3, 0.4) is 0 Å². The Morgan fingerprint density at radius 1 is 1.28 bits per heavy atom. The van der Waals surface area contributed by atoms with Crippen molar-refractivity contribution in [1.29, 1.82) is 0 Å². The van der Waals surface area contributed by atoms with Crippen LogP contribution in [-0.4, -0.2) is 17.3 Å². The Balaban J connectivity index is 1.75. The van der Waals surface area contributed by atoms with Crippen molar-refractivity contribution in [3.05, 3.63) is 23.3 Å². The maximum Gasteiger partial charge on any atom is 0.155 e. The van der Waals surface area contributed by atoms with E-state index in [4.69, 9.17) is 6.42 Å². The first-order valence-electron chi connectivity index (χ1n) is 9.56. The predicted molar refractivity (Wildman–Crippen MR) is 102 cm³/mol. The Hall–Kier alpha value is -1.27. The van der Waals surface area contributed by atoms with Crippen LogP contribution in [0.15, 0.2) is 23.3 Å². The van der Waals surface area contributed by atoms with Crippen molar-refractivity contribution < 1.29 is 9.59 Å². The molecule has 0 aromatic rings. The smallest absolute Gasteiger partial charge is 0.155 e. The molecule has 0 saturated heterocycles. The zero-order valence-corrected chi connectivity index (χ0v) is 15.8. The lowest BCUT2D eigenvalue weighted by atomic mass is 9.50. The fraction of sp³-hybridized carbons (Fsp3) is 0.636. The van der Waals surface area contributed by atoms with Gasteiger partial charge in [-0.05, 0) is 61.7 Å². The van der Waals surface area contributed by atoms with Gasteiger partial charge in [-0.25, -0.2) is 0 Å². The molecule has 0 aliphatic heterocycles. The molecule has 0 bridgehead atoms. The van der Waals surface area contributed by atoms with Crippen molar-refractivity contribution in [3.8, 4) is 11.7 Å². The summed E-state index contributed by atoms with van der Waals surface area (Å²) in [4.78, 5) is 24.6. The van der Waals surface area contributed by atoms with Gasteiger partial charge >= 0.3 is 0 Å². The zero-order chi connectivity index (χ0) is 17.7. The van der Waals surface area contributed by atoms with E-state index in [0.717, 1.165) is 50.7 Å². The third-order valence-electron chi connectivity index (χ3n) is 7.51. The number of hydrogen-bond acceptors (Lipinski definition) is 3. The maximum absolute atomic E-state index is 12.5. The van der Waals surface area contributed by atoms with Gasteiger partial charge in [0.25, 0.3) is 0 Å². The van der Waals surface area contributed by atoms with Crippen molar-refractivity contribution in [2.24, 2.45) is 22.7 Å². The summed E-state index contributed by atoms with van der Waals surface area (Å²) >= 11 is 1.55. The molecule has 0 unspecified atom stereocenters. The lowest BCUT2D eigenvalue weighted by Crippen LogP contribution is -2.45. The van der Waals surface area contributed by atoms with E-state index in [1.165, 1.54) is 5.57 Å². The van der Waals surface area contributed by atoms with Gasteiger partial charge in [-0.3, -0.25) is 9.59 Å². The third kappa shape index (κ3) is 2.48. The molecule has 0 amide bonds. The molecule has 0 spiro atoms. The molecule has 4 atom stereocenters. The summed E-state index contributed by atoms with van der Waals surface area (Å²) in [5, 5.41) is 2.70. The Bertz CT molecular complexity index is 725. The van der Waals surface area contributed by atoms with Gasteiger partial charge in [-0.2, -0.15) is 0 Å². The Labute approximate surface area is 154 Å². The monoisotopic (exact) mass is 354 g/mol. The molecule has 0 N–H and O–H groups in total. The van der Waals surface area contributed by atoms with Crippen molar-refractivity contribution in [1.82, 2.24) is 0 Å². The van der Waals surface area contributed by atoms with Crippen LogP contribution < -0.4 is 0 Å². The number of fused-ring (bicyclic) bond motifs is 5. The number of carbonyl (C=O) groups is 2. The van der Waals surface area contributed by atoms with E-state index in [2.05, 4.69) is 18.3 Å². The normalized spacial score (nSPS) is 39.7. The highest BCUT2D eigenvalue weighted by Gasteiger charge is 2.56. The second kappa shape index (κ2) is 6.16. The highest BCUT2D eigenvalue weighted by molar-refractivity contribution is 8.03. The first-order valence-corrected chi connectivity index (χ1v) is 10.5. The molecule has 2 nitrogen and oxygen atoms in total. The first-order chi connectivity index (χ1) is 12.0. The number of Topliss-reactive ketones (excluding diaryl/α,β-unsaturated/α-hetero) is 1. The van der Waals surface area contributed by atoms with E-state index in [1.54, 1.807) is 17.3 Å². The van der Waals surface area contributed by atoms with Gasteiger partial charge in [0.15, 0.2) is 5.78 Å². The van der Waals surface area contributed by atoms with Gasteiger partial charge in [0.1, 0.15) is 5.78 Å². The predicted octanol–water partition coefficient (Wildman–Crippen LogP) is 4.70. The number of ketones is 2. The minimum atomic E-state index is -0.144. The molecule has 0 aromatic carbocycles. The number of thioether (sulfide) groups is 1. The van der Waals surface area contributed by atoms with Crippen LogP contribution >= 0.6 is 11.8 Å². The maximum atomic E-state index is 12.5. The fourth-order valence-electron chi connectivity index (χ4n) is 6.17. The average Bonchev–Trinajstić information content (AvgIpc) is 2.91. The molecular weight excluding hydrogens is 328 g/mol. The molecule has 4 aliphatic rings.